The van der Waals surface area contributed by atoms with Crippen molar-refractivity contribution in [1.29, 1.82) is 0 Å². The summed E-state index contributed by atoms with van der Waals surface area (Å²) in [6.45, 7) is 4.75. The van der Waals surface area contributed by atoms with E-state index in [1.807, 2.05) is 38.1 Å². The minimum atomic E-state index is -0.574. The minimum Gasteiger partial charge on any atom is -0.491 e. The van der Waals surface area contributed by atoms with Gasteiger partial charge in [0.1, 0.15) is 29.8 Å². The molecule has 3 aromatic rings. The first-order chi connectivity index (χ1) is 12.5. The zero-order chi connectivity index (χ0) is 18.5. The number of nitrogens with one attached hydrogen (secondary N) is 1. The summed E-state index contributed by atoms with van der Waals surface area (Å²) in [6, 6.07) is 16.3. The van der Waals surface area contributed by atoms with Gasteiger partial charge in [0.15, 0.2) is 5.43 Å². The van der Waals surface area contributed by atoms with Gasteiger partial charge in [0.25, 0.3) is 0 Å². The number of rotatable bonds is 7. The number of para-hydroxylation sites is 1. The molecule has 0 saturated carbocycles. The van der Waals surface area contributed by atoms with Crippen LogP contribution in [0, 0.1) is 0 Å². The molecule has 0 fully saturated rings. The highest BCUT2D eigenvalue weighted by atomic mass is 16.5. The average Bonchev–Trinajstić information content (AvgIpc) is 2.65. The van der Waals surface area contributed by atoms with E-state index in [1.165, 1.54) is 6.07 Å². The Morgan fingerprint density at radius 3 is 2.58 bits per heavy atom. The summed E-state index contributed by atoms with van der Waals surface area (Å²) >= 11 is 0. The molecule has 1 atom stereocenters. The molecule has 0 spiro atoms. The Kier molecular flexibility index (Phi) is 5.71. The Morgan fingerprint density at radius 1 is 1.12 bits per heavy atom. The molecular weight excluding hydrogens is 330 g/mol. The van der Waals surface area contributed by atoms with E-state index in [0.29, 0.717) is 35.1 Å². The Labute approximate surface area is 152 Å². The minimum absolute atomic E-state index is 0.0667. The van der Waals surface area contributed by atoms with Crippen molar-refractivity contribution in [3.8, 4) is 17.1 Å². The van der Waals surface area contributed by atoms with Crippen molar-refractivity contribution < 1.29 is 14.3 Å². The largest absolute Gasteiger partial charge is 0.491 e. The first-order valence-electron chi connectivity index (χ1n) is 8.70. The first-order valence-corrected chi connectivity index (χ1v) is 8.70. The van der Waals surface area contributed by atoms with E-state index in [-0.39, 0.29) is 12.0 Å². The molecule has 1 unspecified atom stereocenters. The van der Waals surface area contributed by atoms with Crippen molar-refractivity contribution in [2.75, 3.05) is 13.2 Å². The van der Waals surface area contributed by atoms with Crippen LogP contribution in [0.2, 0.25) is 0 Å². The Hall–Kier alpha value is -2.63. The Balaban J connectivity index is 1.69. The van der Waals surface area contributed by atoms with E-state index in [2.05, 4.69) is 5.32 Å². The van der Waals surface area contributed by atoms with Crippen LogP contribution in [0.25, 0.3) is 22.3 Å². The van der Waals surface area contributed by atoms with Crippen LogP contribution in [0.3, 0.4) is 0 Å². The number of fused-ring (bicyclic) bond motifs is 1. The molecule has 0 aliphatic rings. The summed E-state index contributed by atoms with van der Waals surface area (Å²) in [6.07, 6.45) is -0.574. The number of benzene rings is 2. The van der Waals surface area contributed by atoms with Gasteiger partial charge in [0.2, 0.25) is 0 Å². The number of ether oxygens (including phenoxy) is 1. The standard InChI is InChI=1S/C21H23NO4/c1-14(2)22-12-16(23)13-25-17-9-7-15(8-10-17)21-11-19(24)18-5-3-4-6-20(18)26-21/h3-11,14,16,22-23H,12-13H2,1-2H3. The van der Waals surface area contributed by atoms with Gasteiger partial charge in [-0.05, 0) is 36.4 Å². The van der Waals surface area contributed by atoms with Crippen LogP contribution in [-0.2, 0) is 0 Å². The van der Waals surface area contributed by atoms with Crippen molar-refractivity contribution in [2.45, 2.75) is 26.0 Å². The molecule has 26 heavy (non-hydrogen) atoms. The summed E-state index contributed by atoms with van der Waals surface area (Å²) in [5.74, 6) is 1.17. The molecule has 0 saturated heterocycles. The molecule has 0 aliphatic carbocycles. The van der Waals surface area contributed by atoms with Gasteiger partial charge >= 0.3 is 0 Å². The SMILES string of the molecule is CC(C)NCC(O)COc1ccc(-c2cc(=O)c3ccccc3o2)cc1. The first kappa shape index (κ1) is 18.2. The molecule has 5 heteroatoms. The maximum Gasteiger partial charge on any atom is 0.193 e. The van der Waals surface area contributed by atoms with Gasteiger partial charge in [-0.15, -0.1) is 0 Å². The molecule has 5 nitrogen and oxygen atoms in total. The summed E-state index contributed by atoms with van der Waals surface area (Å²) in [5.41, 5.74) is 1.29. The highest BCUT2D eigenvalue weighted by molar-refractivity contribution is 5.78. The topological polar surface area (TPSA) is 71.7 Å². The zero-order valence-electron chi connectivity index (χ0n) is 14.9. The Bertz CT molecular complexity index is 915. The molecular formula is C21H23NO4. The molecule has 1 heterocycles. The van der Waals surface area contributed by atoms with Crippen LogP contribution < -0.4 is 15.5 Å². The quantitative estimate of drug-likeness (QED) is 0.682. The fourth-order valence-corrected chi connectivity index (χ4v) is 2.58. The molecule has 3 rings (SSSR count). The molecule has 1 aromatic heterocycles. The smallest absolute Gasteiger partial charge is 0.193 e. The number of aliphatic hydroxyl groups is 1. The van der Waals surface area contributed by atoms with Gasteiger partial charge < -0.3 is 19.6 Å². The van der Waals surface area contributed by atoms with Gasteiger partial charge in [-0.3, -0.25) is 4.79 Å². The van der Waals surface area contributed by atoms with Gasteiger partial charge in [-0.25, -0.2) is 0 Å². The molecule has 2 aromatic carbocycles. The van der Waals surface area contributed by atoms with Crippen LogP contribution in [0.15, 0.2) is 63.8 Å². The third-order valence-corrected chi connectivity index (χ3v) is 3.98. The van der Waals surface area contributed by atoms with Gasteiger partial charge in [-0.1, -0.05) is 26.0 Å². The molecule has 2 N–H and O–H groups in total. The second kappa shape index (κ2) is 8.17. The number of hydrogen-bond donors (Lipinski definition) is 2. The van der Waals surface area contributed by atoms with E-state index >= 15 is 0 Å². The number of hydrogen-bond acceptors (Lipinski definition) is 5. The lowest BCUT2D eigenvalue weighted by Gasteiger charge is -2.15. The van der Waals surface area contributed by atoms with Crippen molar-refractivity contribution in [1.82, 2.24) is 5.32 Å². The Morgan fingerprint density at radius 2 is 1.85 bits per heavy atom. The lowest BCUT2D eigenvalue weighted by molar-refractivity contribution is 0.104. The second-order valence-corrected chi connectivity index (χ2v) is 6.52. The predicted molar refractivity (Wildman–Crippen MR) is 103 cm³/mol. The summed E-state index contributed by atoms with van der Waals surface area (Å²) in [7, 11) is 0. The van der Waals surface area contributed by atoms with Crippen molar-refractivity contribution >= 4 is 11.0 Å². The zero-order valence-corrected chi connectivity index (χ0v) is 14.9. The maximum absolute atomic E-state index is 12.2. The summed E-state index contributed by atoms with van der Waals surface area (Å²) in [5, 5.41) is 13.6. The van der Waals surface area contributed by atoms with E-state index in [4.69, 9.17) is 9.15 Å². The molecule has 0 amide bonds. The van der Waals surface area contributed by atoms with Crippen molar-refractivity contribution in [3.05, 3.63) is 64.8 Å². The van der Waals surface area contributed by atoms with Crippen LogP contribution in [0.4, 0.5) is 0 Å². The highest BCUT2D eigenvalue weighted by Gasteiger charge is 2.08. The lowest BCUT2D eigenvalue weighted by atomic mass is 10.1. The fraction of sp³-hybridized carbons (Fsp3) is 0.286. The summed E-state index contributed by atoms with van der Waals surface area (Å²) < 4.78 is 11.4. The van der Waals surface area contributed by atoms with Gasteiger partial charge in [-0.2, -0.15) is 0 Å². The molecule has 0 aliphatic heterocycles. The normalized spacial score (nSPS) is 12.5. The molecule has 136 valence electrons. The molecule has 0 bridgehead atoms. The van der Waals surface area contributed by atoms with Crippen molar-refractivity contribution in [2.24, 2.45) is 0 Å². The molecule has 0 radical (unpaired) electrons. The van der Waals surface area contributed by atoms with Crippen LogP contribution in [0.1, 0.15) is 13.8 Å². The fourth-order valence-electron chi connectivity index (χ4n) is 2.58. The predicted octanol–water partition coefficient (Wildman–Crippen LogP) is 3.20. The van der Waals surface area contributed by atoms with Crippen LogP contribution in [-0.4, -0.2) is 30.4 Å². The van der Waals surface area contributed by atoms with Crippen LogP contribution >= 0.6 is 0 Å². The average molecular weight is 353 g/mol. The third kappa shape index (κ3) is 4.50. The van der Waals surface area contributed by atoms with Crippen molar-refractivity contribution in [3.63, 3.8) is 0 Å². The number of aliphatic hydroxyl groups excluding tert-OH is 1. The highest BCUT2D eigenvalue weighted by Crippen LogP contribution is 2.24. The lowest BCUT2D eigenvalue weighted by Crippen LogP contribution is -2.35. The van der Waals surface area contributed by atoms with E-state index in [9.17, 15) is 9.90 Å². The van der Waals surface area contributed by atoms with E-state index < -0.39 is 6.10 Å². The van der Waals surface area contributed by atoms with E-state index in [1.54, 1.807) is 24.3 Å². The third-order valence-electron chi connectivity index (χ3n) is 3.98. The van der Waals surface area contributed by atoms with Crippen LogP contribution in [0.5, 0.6) is 5.75 Å². The summed E-state index contributed by atoms with van der Waals surface area (Å²) in [4.78, 5) is 12.2. The maximum atomic E-state index is 12.2. The van der Waals surface area contributed by atoms with Gasteiger partial charge in [0, 0.05) is 24.2 Å². The van der Waals surface area contributed by atoms with Gasteiger partial charge in [0.05, 0.1) is 5.39 Å². The monoisotopic (exact) mass is 353 g/mol. The second-order valence-electron chi connectivity index (χ2n) is 6.52. The van der Waals surface area contributed by atoms with E-state index in [0.717, 1.165) is 5.56 Å².